The van der Waals surface area contributed by atoms with Gasteiger partial charge in [0.2, 0.25) is 0 Å². The number of rotatable bonds is 9. The van der Waals surface area contributed by atoms with Gasteiger partial charge in [0.05, 0.1) is 11.5 Å². The number of hydrogen-bond donors (Lipinski definition) is 0. The maximum Gasteiger partial charge on any atom is 0.344 e. The lowest BCUT2D eigenvalue weighted by atomic mass is 9.93. The van der Waals surface area contributed by atoms with Gasteiger partial charge in [-0.15, -0.1) is 0 Å². The topological polar surface area (TPSA) is 107 Å². The van der Waals surface area contributed by atoms with Gasteiger partial charge in [-0.3, -0.25) is 9.59 Å². The van der Waals surface area contributed by atoms with Crippen molar-refractivity contribution in [1.82, 2.24) is 4.90 Å². The molecule has 32 heavy (non-hydrogen) atoms. The van der Waals surface area contributed by atoms with Gasteiger partial charge in [-0.2, -0.15) is 0 Å². The average molecular weight is 466 g/mol. The van der Waals surface area contributed by atoms with Crippen LogP contribution >= 0.6 is 0 Å². The van der Waals surface area contributed by atoms with Crippen LogP contribution in [0.3, 0.4) is 0 Å². The second-order valence-corrected chi connectivity index (χ2v) is 10.6. The van der Waals surface area contributed by atoms with E-state index in [4.69, 9.17) is 9.47 Å². The van der Waals surface area contributed by atoms with Crippen LogP contribution in [0.1, 0.15) is 62.2 Å². The summed E-state index contributed by atoms with van der Waals surface area (Å²) in [6, 6.07) is 6.12. The number of sulfone groups is 1. The fraction of sp³-hybridized carbons (Fsp3) is 0.609. The summed E-state index contributed by atoms with van der Waals surface area (Å²) in [6.45, 7) is 0.986. The summed E-state index contributed by atoms with van der Waals surface area (Å²) >= 11 is 0. The summed E-state index contributed by atoms with van der Waals surface area (Å²) in [7, 11) is -3.14. The Balaban J connectivity index is 1.52. The van der Waals surface area contributed by atoms with Crippen LogP contribution in [0.4, 0.5) is 0 Å². The van der Waals surface area contributed by atoms with E-state index in [0.717, 1.165) is 32.1 Å². The molecule has 1 atom stereocenters. The molecule has 1 amide bonds. The highest BCUT2D eigenvalue weighted by Crippen LogP contribution is 2.28. The average Bonchev–Trinajstić information content (AvgIpc) is 3.16. The number of amides is 1. The SMILES string of the molecule is CCC(=O)c1ccc(OCC(=O)OCC(=O)N(C2CCCCC2)C2CCS(=O)(=O)C2)cc1. The number of ketones is 1. The lowest BCUT2D eigenvalue weighted by Gasteiger charge is -2.38. The molecule has 1 saturated carbocycles. The molecule has 0 N–H and O–H groups in total. The fourth-order valence-corrected chi connectivity index (χ4v) is 6.11. The highest BCUT2D eigenvalue weighted by molar-refractivity contribution is 7.91. The molecule has 0 aromatic heterocycles. The molecule has 1 heterocycles. The first-order chi connectivity index (χ1) is 15.3. The van der Waals surface area contributed by atoms with E-state index < -0.39 is 22.4 Å². The maximum absolute atomic E-state index is 12.9. The first-order valence-electron chi connectivity index (χ1n) is 11.2. The number of hydrogen-bond acceptors (Lipinski definition) is 7. The summed E-state index contributed by atoms with van der Waals surface area (Å²) < 4.78 is 34.4. The van der Waals surface area contributed by atoms with E-state index >= 15 is 0 Å². The van der Waals surface area contributed by atoms with Crippen molar-refractivity contribution in [1.29, 1.82) is 0 Å². The summed E-state index contributed by atoms with van der Waals surface area (Å²) in [4.78, 5) is 38.4. The van der Waals surface area contributed by atoms with Gasteiger partial charge >= 0.3 is 5.97 Å². The highest BCUT2D eigenvalue weighted by Gasteiger charge is 2.38. The van der Waals surface area contributed by atoms with Crippen molar-refractivity contribution in [3.63, 3.8) is 0 Å². The van der Waals surface area contributed by atoms with Crippen LogP contribution in [-0.2, 0) is 24.2 Å². The van der Waals surface area contributed by atoms with Gasteiger partial charge in [0.15, 0.2) is 28.8 Å². The van der Waals surface area contributed by atoms with E-state index in [2.05, 4.69) is 0 Å². The Labute approximate surface area is 189 Å². The zero-order valence-corrected chi connectivity index (χ0v) is 19.3. The first kappa shape index (κ1) is 24.2. The quantitative estimate of drug-likeness (QED) is 0.407. The first-order valence-corrected chi connectivity index (χ1v) is 13.0. The molecule has 176 valence electrons. The van der Waals surface area contributed by atoms with Crippen molar-refractivity contribution in [2.75, 3.05) is 24.7 Å². The molecule has 2 fully saturated rings. The standard InChI is InChI=1S/C23H31NO7S/c1-2-21(25)17-8-10-20(11-9-17)30-15-23(27)31-14-22(26)24(18-6-4-3-5-7-18)19-12-13-32(28,29)16-19/h8-11,18-19H,2-7,12-16H2,1H3. The number of carbonyl (C=O) groups is 3. The van der Waals surface area contributed by atoms with Crippen molar-refractivity contribution in [2.45, 2.75) is 64.0 Å². The van der Waals surface area contributed by atoms with E-state index in [-0.39, 0.29) is 41.9 Å². The van der Waals surface area contributed by atoms with E-state index in [1.54, 1.807) is 36.1 Å². The normalized spacial score (nSPS) is 20.5. The zero-order chi connectivity index (χ0) is 23.1. The van der Waals surface area contributed by atoms with Crippen LogP contribution in [0.15, 0.2) is 24.3 Å². The van der Waals surface area contributed by atoms with Gasteiger partial charge in [-0.1, -0.05) is 26.2 Å². The molecule has 1 aromatic carbocycles. The molecule has 0 bridgehead atoms. The predicted molar refractivity (Wildman–Crippen MR) is 118 cm³/mol. The Morgan fingerprint density at radius 3 is 2.25 bits per heavy atom. The number of Topliss-reactive ketones (excluding diaryl/α,β-unsaturated/α-hetero) is 1. The molecular formula is C23H31NO7S. The molecule has 8 nitrogen and oxygen atoms in total. The van der Waals surface area contributed by atoms with Crippen LogP contribution in [-0.4, -0.2) is 67.8 Å². The van der Waals surface area contributed by atoms with Gasteiger partial charge in [-0.25, -0.2) is 13.2 Å². The molecule has 1 saturated heterocycles. The summed E-state index contributed by atoms with van der Waals surface area (Å²) in [6.07, 6.45) is 5.64. The fourth-order valence-electron chi connectivity index (χ4n) is 4.40. The van der Waals surface area contributed by atoms with Crippen molar-refractivity contribution < 1.29 is 32.3 Å². The van der Waals surface area contributed by atoms with Gasteiger partial charge in [0.1, 0.15) is 5.75 Å². The second kappa shape index (κ2) is 10.9. The molecule has 1 aliphatic carbocycles. The lowest BCUT2D eigenvalue weighted by molar-refractivity contribution is -0.155. The summed E-state index contributed by atoms with van der Waals surface area (Å²) in [5, 5.41) is 0. The van der Waals surface area contributed by atoms with E-state index in [0.29, 0.717) is 24.2 Å². The number of benzene rings is 1. The highest BCUT2D eigenvalue weighted by atomic mass is 32.2. The lowest BCUT2D eigenvalue weighted by Crippen LogP contribution is -2.50. The van der Waals surface area contributed by atoms with Gasteiger partial charge in [0, 0.05) is 24.1 Å². The summed E-state index contributed by atoms with van der Waals surface area (Å²) in [5.41, 5.74) is 0.574. The molecule has 0 spiro atoms. The minimum Gasteiger partial charge on any atom is -0.482 e. The van der Waals surface area contributed by atoms with Gasteiger partial charge in [0.25, 0.3) is 5.91 Å². The van der Waals surface area contributed by atoms with Crippen LogP contribution < -0.4 is 4.74 Å². The zero-order valence-electron chi connectivity index (χ0n) is 18.5. The number of nitrogens with zero attached hydrogens (tertiary/aromatic N) is 1. The number of carbonyl (C=O) groups excluding carboxylic acids is 3. The van der Waals surface area contributed by atoms with Crippen molar-refractivity contribution in [2.24, 2.45) is 0 Å². The van der Waals surface area contributed by atoms with Gasteiger partial charge < -0.3 is 14.4 Å². The smallest absolute Gasteiger partial charge is 0.344 e. The molecule has 2 aliphatic rings. The third kappa shape index (κ3) is 6.54. The Kier molecular flexibility index (Phi) is 8.28. The second-order valence-electron chi connectivity index (χ2n) is 8.40. The summed E-state index contributed by atoms with van der Waals surface area (Å²) in [5.74, 6) is -0.537. The van der Waals surface area contributed by atoms with E-state index in [1.165, 1.54) is 0 Å². The van der Waals surface area contributed by atoms with Crippen LogP contribution in [0, 0.1) is 0 Å². The minimum absolute atomic E-state index is 0.00570. The monoisotopic (exact) mass is 465 g/mol. The minimum atomic E-state index is -3.14. The molecule has 9 heteroatoms. The van der Waals surface area contributed by atoms with E-state index in [9.17, 15) is 22.8 Å². The maximum atomic E-state index is 12.9. The molecule has 1 aromatic rings. The van der Waals surface area contributed by atoms with Crippen LogP contribution in [0.5, 0.6) is 5.75 Å². The number of ether oxygens (including phenoxy) is 2. The molecule has 1 aliphatic heterocycles. The Hall–Kier alpha value is -2.42. The Morgan fingerprint density at radius 2 is 1.66 bits per heavy atom. The third-order valence-electron chi connectivity index (χ3n) is 6.07. The van der Waals surface area contributed by atoms with Crippen molar-refractivity contribution >= 4 is 27.5 Å². The van der Waals surface area contributed by atoms with Crippen molar-refractivity contribution in [3.8, 4) is 5.75 Å². The largest absolute Gasteiger partial charge is 0.482 e. The molecule has 1 unspecified atom stereocenters. The number of esters is 1. The third-order valence-corrected chi connectivity index (χ3v) is 7.82. The Bertz CT molecular complexity index is 920. The van der Waals surface area contributed by atoms with Crippen LogP contribution in [0.25, 0.3) is 0 Å². The molecule has 3 rings (SSSR count). The van der Waals surface area contributed by atoms with Crippen molar-refractivity contribution in [3.05, 3.63) is 29.8 Å². The van der Waals surface area contributed by atoms with Gasteiger partial charge in [-0.05, 0) is 43.5 Å². The molecular weight excluding hydrogens is 434 g/mol. The van der Waals surface area contributed by atoms with Crippen LogP contribution in [0.2, 0.25) is 0 Å². The Morgan fingerprint density at radius 1 is 0.969 bits per heavy atom. The van der Waals surface area contributed by atoms with E-state index in [1.807, 2.05) is 0 Å². The predicted octanol–water partition coefficient (Wildman–Crippen LogP) is 2.55. The molecule has 0 radical (unpaired) electrons.